The highest BCUT2D eigenvalue weighted by Gasteiger charge is 2.14. The van der Waals surface area contributed by atoms with Crippen molar-refractivity contribution in [1.82, 2.24) is 4.98 Å². The Kier molecular flexibility index (Phi) is 3.64. The molecule has 0 aliphatic heterocycles. The number of benzene rings is 1. The van der Waals surface area contributed by atoms with E-state index in [1.54, 1.807) is 25.1 Å². The summed E-state index contributed by atoms with van der Waals surface area (Å²) in [7, 11) is 0. The standard InChI is InChI=1S/C15H13N3O3S/c1-8-11(5-6-21-8)14(20)18-15-17-12-4-3-10(16-9(2)19)7-13(12)22-15/h3-7H,1-2H3,(H,16,19)(H,17,18,20). The Morgan fingerprint density at radius 3 is 2.73 bits per heavy atom. The van der Waals surface area contributed by atoms with E-state index in [2.05, 4.69) is 15.6 Å². The molecule has 2 heterocycles. The molecule has 22 heavy (non-hydrogen) atoms. The van der Waals surface area contributed by atoms with Crippen molar-refractivity contribution in [2.24, 2.45) is 0 Å². The summed E-state index contributed by atoms with van der Waals surface area (Å²) in [6.45, 7) is 3.18. The SMILES string of the molecule is CC(=O)Nc1ccc2nc(NC(=O)c3ccoc3C)sc2c1. The predicted molar refractivity (Wildman–Crippen MR) is 85.3 cm³/mol. The Morgan fingerprint density at radius 1 is 1.23 bits per heavy atom. The number of aryl methyl sites for hydroxylation is 1. The number of carbonyl (C=O) groups is 2. The fraction of sp³-hybridized carbons (Fsp3) is 0.133. The molecule has 2 N–H and O–H groups in total. The number of rotatable bonds is 3. The first kappa shape index (κ1) is 14.3. The molecule has 7 heteroatoms. The van der Waals surface area contributed by atoms with Gasteiger partial charge in [0.15, 0.2) is 5.13 Å². The van der Waals surface area contributed by atoms with E-state index in [-0.39, 0.29) is 11.8 Å². The summed E-state index contributed by atoms with van der Waals surface area (Å²) < 4.78 is 6.00. The molecule has 6 nitrogen and oxygen atoms in total. The molecule has 0 aliphatic rings. The molecule has 3 aromatic rings. The molecule has 0 radical (unpaired) electrons. The van der Waals surface area contributed by atoms with Crippen molar-refractivity contribution in [2.75, 3.05) is 10.6 Å². The number of aromatic nitrogens is 1. The van der Waals surface area contributed by atoms with Gasteiger partial charge in [0.05, 0.1) is 22.0 Å². The molecular formula is C15H13N3O3S. The summed E-state index contributed by atoms with van der Waals surface area (Å²) >= 11 is 1.35. The number of thiazole rings is 1. The average molecular weight is 315 g/mol. The maximum atomic E-state index is 12.1. The van der Waals surface area contributed by atoms with Crippen molar-refractivity contribution < 1.29 is 14.0 Å². The highest BCUT2D eigenvalue weighted by molar-refractivity contribution is 7.22. The third-order valence-corrected chi connectivity index (χ3v) is 3.97. The van der Waals surface area contributed by atoms with Crippen LogP contribution in [0.4, 0.5) is 10.8 Å². The van der Waals surface area contributed by atoms with Gasteiger partial charge in [-0.25, -0.2) is 4.98 Å². The van der Waals surface area contributed by atoms with E-state index in [1.807, 2.05) is 6.07 Å². The fourth-order valence-electron chi connectivity index (χ4n) is 2.04. The van der Waals surface area contributed by atoms with E-state index in [0.717, 1.165) is 10.2 Å². The largest absolute Gasteiger partial charge is 0.469 e. The number of carbonyl (C=O) groups excluding carboxylic acids is 2. The number of amides is 2. The average Bonchev–Trinajstić information content (AvgIpc) is 3.03. The van der Waals surface area contributed by atoms with E-state index in [1.165, 1.54) is 24.5 Å². The van der Waals surface area contributed by atoms with Crippen molar-refractivity contribution in [2.45, 2.75) is 13.8 Å². The smallest absolute Gasteiger partial charge is 0.260 e. The molecular weight excluding hydrogens is 302 g/mol. The minimum Gasteiger partial charge on any atom is -0.469 e. The lowest BCUT2D eigenvalue weighted by molar-refractivity contribution is -0.114. The summed E-state index contributed by atoms with van der Waals surface area (Å²) in [6.07, 6.45) is 1.47. The second-order valence-corrected chi connectivity index (χ2v) is 5.76. The summed E-state index contributed by atoms with van der Waals surface area (Å²) in [5.41, 5.74) is 1.95. The molecule has 0 atom stereocenters. The Bertz CT molecular complexity index is 866. The van der Waals surface area contributed by atoms with Crippen LogP contribution in [0.25, 0.3) is 10.2 Å². The number of hydrogen-bond acceptors (Lipinski definition) is 5. The first-order valence-electron chi connectivity index (χ1n) is 6.56. The van der Waals surface area contributed by atoms with Gasteiger partial charge in [-0.3, -0.25) is 14.9 Å². The second kappa shape index (κ2) is 5.61. The number of nitrogens with one attached hydrogen (secondary N) is 2. The minimum absolute atomic E-state index is 0.132. The summed E-state index contributed by atoms with van der Waals surface area (Å²) in [6, 6.07) is 7.02. The van der Waals surface area contributed by atoms with Crippen LogP contribution >= 0.6 is 11.3 Å². The zero-order chi connectivity index (χ0) is 15.7. The molecule has 1 aromatic carbocycles. The number of nitrogens with zero attached hydrogens (tertiary/aromatic N) is 1. The van der Waals surface area contributed by atoms with Gasteiger partial charge >= 0.3 is 0 Å². The topological polar surface area (TPSA) is 84.2 Å². The number of hydrogen-bond donors (Lipinski definition) is 2. The van der Waals surface area contributed by atoms with Crippen LogP contribution in [0.5, 0.6) is 0 Å². The van der Waals surface area contributed by atoms with E-state index >= 15 is 0 Å². The van der Waals surface area contributed by atoms with Crippen molar-refractivity contribution in [3.8, 4) is 0 Å². The van der Waals surface area contributed by atoms with Crippen molar-refractivity contribution in [3.05, 3.63) is 41.9 Å². The van der Waals surface area contributed by atoms with Gasteiger partial charge in [-0.2, -0.15) is 0 Å². The van der Waals surface area contributed by atoms with Crippen LogP contribution in [0.15, 0.2) is 34.9 Å². The third kappa shape index (κ3) is 2.84. The summed E-state index contributed by atoms with van der Waals surface area (Å²) in [5, 5.41) is 5.97. The molecule has 112 valence electrons. The molecule has 3 rings (SSSR count). The Balaban J connectivity index is 1.84. The van der Waals surface area contributed by atoms with Crippen LogP contribution in [0.2, 0.25) is 0 Å². The Hall–Kier alpha value is -2.67. The van der Waals surface area contributed by atoms with Gasteiger partial charge in [0.25, 0.3) is 5.91 Å². The Morgan fingerprint density at radius 2 is 2.05 bits per heavy atom. The monoisotopic (exact) mass is 315 g/mol. The minimum atomic E-state index is -0.257. The van der Waals surface area contributed by atoms with Crippen LogP contribution in [-0.4, -0.2) is 16.8 Å². The van der Waals surface area contributed by atoms with E-state index in [9.17, 15) is 9.59 Å². The fourth-order valence-corrected chi connectivity index (χ4v) is 2.94. The van der Waals surface area contributed by atoms with Crippen LogP contribution in [-0.2, 0) is 4.79 Å². The van der Waals surface area contributed by atoms with E-state index < -0.39 is 0 Å². The molecule has 0 fully saturated rings. The van der Waals surface area contributed by atoms with Gasteiger partial charge in [0.1, 0.15) is 5.76 Å². The van der Waals surface area contributed by atoms with Crippen molar-refractivity contribution in [1.29, 1.82) is 0 Å². The number of anilines is 2. The van der Waals surface area contributed by atoms with Gasteiger partial charge in [0.2, 0.25) is 5.91 Å². The maximum Gasteiger partial charge on any atom is 0.260 e. The van der Waals surface area contributed by atoms with Gasteiger partial charge in [-0.15, -0.1) is 0 Å². The third-order valence-electron chi connectivity index (χ3n) is 3.03. The lowest BCUT2D eigenvalue weighted by Crippen LogP contribution is -2.11. The van der Waals surface area contributed by atoms with E-state index in [4.69, 9.17) is 4.42 Å². The predicted octanol–water partition coefficient (Wildman–Crippen LogP) is 3.41. The zero-order valence-electron chi connectivity index (χ0n) is 12.0. The summed E-state index contributed by atoms with van der Waals surface area (Å²) in [5.74, 6) is 0.173. The van der Waals surface area contributed by atoms with Crippen LogP contribution in [0.1, 0.15) is 23.0 Å². The van der Waals surface area contributed by atoms with Gasteiger partial charge in [-0.05, 0) is 31.2 Å². The molecule has 2 aromatic heterocycles. The van der Waals surface area contributed by atoms with Crippen molar-refractivity contribution >= 4 is 44.2 Å². The van der Waals surface area contributed by atoms with Crippen LogP contribution in [0, 0.1) is 6.92 Å². The molecule has 2 amide bonds. The maximum absolute atomic E-state index is 12.1. The normalized spacial score (nSPS) is 10.6. The molecule has 0 saturated carbocycles. The quantitative estimate of drug-likeness (QED) is 0.775. The first-order chi connectivity index (χ1) is 10.5. The van der Waals surface area contributed by atoms with E-state index in [0.29, 0.717) is 22.1 Å². The van der Waals surface area contributed by atoms with Crippen molar-refractivity contribution in [3.63, 3.8) is 0 Å². The molecule has 0 spiro atoms. The van der Waals surface area contributed by atoms with Crippen LogP contribution < -0.4 is 10.6 Å². The highest BCUT2D eigenvalue weighted by atomic mass is 32.1. The Labute approximate surface area is 130 Å². The van der Waals surface area contributed by atoms with Crippen LogP contribution in [0.3, 0.4) is 0 Å². The molecule has 0 bridgehead atoms. The molecule has 0 unspecified atom stereocenters. The van der Waals surface area contributed by atoms with Gasteiger partial charge < -0.3 is 9.73 Å². The lowest BCUT2D eigenvalue weighted by Gasteiger charge is -1.99. The first-order valence-corrected chi connectivity index (χ1v) is 7.38. The number of fused-ring (bicyclic) bond motifs is 1. The molecule has 0 aliphatic carbocycles. The summed E-state index contributed by atoms with van der Waals surface area (Å²) in [4.78, 5) is 27.6. The van der Waals surface area contributed by atoms with Gasteiger partial charge in [0, 0.05) is 12.6 Å². The van der Waals surface area contributed by atoms with Gasteiger partial charge in [-0.1, -0.05) is 11.3 Å². The molecule has 0 saturated heterocycles. The second-order valence-electron chi connectivity index (χ2n) is 4.73. The highest BCUT2D eigenvalue weighted by Crippen LogP contribution is 2.28. The number of furan rings is 1. The zero-order valence-corrected chi connectivity index (χ0v) is 12.8. The lowest BCUT2D eigenvalue weighted by atomic mass is 10.2.